The lowest BCUT2D eigenvalue weighted by molar-refractivity contribution is 0.371. The summed E-state index contributed by atoms with van der Waals surface area (Å²) < 4.78 is 5.31. The molecular formula is C22H33N5O. The van der Waals surface area contributed by atoms with Crippen LogP contribution in [0.1, 0.15) is 41.0 Å². The highest BCUT2D eigenvalue weighted by Gasteiger charge is 2.22. The van der Waals surface area contributed by atoms with Gasteiger partial charge >= 0.3 is 0 Å². The molecule has 0 amide bonds. The topological polar surface area (TPSA) is 56.9 Å². The molecule has 6 nitrogen and oxygen atoms in total. The number of anilines is 1. The van der Waals surface area contributed by atoms with Crippen molar-refractivity contribution < 1.29 is 4.52 Å². The molecule has 1 unspecified atom stereocenters. The molecule has 1 aromatic heterocycles. The van der Waals surface area contributed by atoms with E-state index in [2.05, 4.69) is 64.2 Å². The Morgan fingerprint density at radius 2 is 1.89 bits per heavy atom. The van der Waals surface area contributed by atoms with Crippen LogP contribution in [-0.4, -0.2) is 55.8 Å². The molecule has 152 valence electrons. The molecule has 1 saturated heterocycles. The zero-order chi connectivity index (χ0) is 20.3. The van der Waals surface area contributed by atoms with E-state index >= 15 is 0 Å². The Labute approximate surface area is 168 Å². The van der Waals surface area contributed by atoms with Crippen LogP contribution in [0.3, 0.4) is 0 Å². The quantitative estimate of drug-likeness (QED) is 0.648. The third-order valence-corrected chi connectivity index (χ3v) is 5.86. The van der Waals surface area contributed by atoms with Crippen LogP contribution in [0.2, 0.25) is 0 Å². The first-order valence-corrected chi connectivity index (χ1v) is 10.1. The van der Waals surface area contributed by atoms with Gasteiger partial charge in [-0.3, -0.25) is 4.99 Å². The van der Waals surface area contributed by atoms with Gasteiger partial charge in [-0.15, -0.1) is 0 Å². The Kier molecular flexibility index (Phi) is 6.27. The highest BCUT2D eigenvalue weighted by Crippen LogP contribution is 2.24. The fourth-order valence-corrected chi connectivity index (χ4v) is 4.11. The average molecular weight is 384 g/mol. The standard InChI is InChI=1S/C22H33N5O/c1-15-8-7-9-20(17(15)3)26-10-12-27(13-11-26)22(23-6)24-14-16(2)21-18(4)25-28-19(21)5/h7-9,16H,10-14H2,1-6H3,(H,23,24). The van der Waals surface area contributed by atoms with Gasteiger partial charge in [-0.25, -0.2) is 0 Å². The summed E-state index contributed by atoms with van der Waals surface area (Å²) in [7, 11) is 1.86. The number of guanidine groups is 1. The molecule has 3 rings (SSSR count). The van der Waals surface area contributed by atoms with Crippen molar-refractivity contribution in [3.05, 3.63) is 46.3 Å². The minimum absolute atomic E-state index is 0.319. The van der Waals surface area contributed by atoms with E-state index in [9.17, 15) is 0 Å². The van der Waals surface area contributed by atoms with Crippen molar-refractivity contribution in [2.45, 2.75) is 40.5 Å². The number of nitrogens with zero attached hydrogens (tertiary/aromatic N) is 4. The number of piperazine rings is 1. The Morgan fingerprint density at radius 1 is 1.18 bits per heavy atom. The van der Waals surface area contributed by atoms with Gasteiger partial charge in [0.1, 0.15) is 5.76 Å². The molecule has 0 radical (unpaired) electrons. The zero-order valence-electron chi connectivity index (χ0n) is 18.0. The van der Waals surface area contributed by atoms with Crippen molar-refractivity contribution in [2.24, 2.45) is 4.99 Å². The number of benzene rings is 1. The summed E-state index contributed by atoms with van der Waals surface area (Å²) in [6.07, 6.45) is 0. The number of hydrogen-bond acceptors (Lipinski definition) is 4. The van der Waals surface area contributed by atoms with Gasteiger partial charge in [0.05, 0.1) is 5.69 Å². The molecule has 28 heavy (non-hydrogen) atoms. The van der Waals surface area contributed by atoms with E-state index in [0.717, 1.165) is 50.1 Å². The molecule has 0 aliphatic carbocycles. The van der Waals surface area contributed by atoms with E-state index in [4.69, 9.17) is 4.52 Å². The third kappa shape index (κ3) is 4.16. The molecule has 1 aliphatic rings. The maximum absolute atomic E-state index is 5.31. The fourth-order valence-electron chi connectivity index (χ4n) is 4.11. The van der Waals surface area contributed by atoms with Crippen molar-refractivity contribution >= 4 is 11.6 Å². The normalized spacial score (nSPS) is 16.4. The Bertz CT molecular complexity index is 814. The summed E-state index contributed by atoms with van der Waals surface area (Å²) in [5.41, 5.74) is 6.26. The second-order valence-electron chi connectivity index (χ2n) is 7.76. The lowest BCUT2D eigenvalue weighted by Crippen LogP contribution is -2.53. The monoisotopic (exact) mass is 383 g/mol. The number of aromatic nitrogens is 1. The summed E-state index contributed by atoms with van der Waals surface area (Å²) in [4.78, 5) is 9.35. The Morgan fingerprint density at radius 3 is 2.50 bits per heavy atom. The van der Waals surface area contributed by atoms with E-state index in [1.807, 2.05) is 20.9 Å². The minimum atomic E-state index is 0.319. The van der Waals surface area contributed by atoms with Gasteiger partial charge in [0, 0.05) is 56.9 Å². The number of nitrogens with one attached hydrogen (secondary N) is 1. The van der Waals surface area contributed by atoms with Crippen LogP contribution in [0.4, 0.5) is 5.69 Å². The average Bonchev–Trinajstić information content (AvgIpc) is 3.03. The summed E-state index contributed by atoms with van der Waals surface area (Å²) in [6, 6.07) is 6.57. The Hall–Kier alpha value is -2.50. The van der Waals surface area contributed by atoms with Crippen LogP contribution < -0.4 is 10.2 Å². The first-order chi connectivity index (χ1) is 13.4. The maximum atomic E-state index is 5.31. The molecule has 2 aromatic rings. The molecule has 6 heteroatoms. The van der Waals surface area contributed by atoms with E-state index in [1.54, 1.807) is 0 Å². The number of rotatable bonds is 4. The molecule has 0 saturated carbocycles. The lowest BCUT2D eigenvalue weighted by atomic mass is 10.00. The van der Waals surface area contributed by atoms with Gasteiger partial charge in [0.25, 0.3) is 0 Å². The van der Waals surface area contributed by atoms with Crippen molar-refractivity contribution in [3.8, 4) is 0 Å². The van der Waals surface area contributed by atoms with Crippen LogP contribution >= 0.6 is 0 Å². The molecule has 2 heterocycles. The van der Waals surface area contributed by atoms with Crippen LogP contribution in [0.5, 0.6) is 0 Å². The predicted molar refractivity (Wildman–Crippen MR) is 115 cm³/mol. The van der Waals surface area contributed by atoms with Gasteiger partial charge in [0.15, 0.2) is 5.96 Å². The summed E-state index contributed by atoms with van der Waals surface area (Å²) >= 11 is 0. The van der Waals surface area contributed by atoms with Crippen molar-refractivity contribution in [1.29, 1.82) is 0 Å². The second-order valence-corrected chi connectivity index (χ2v) is 7.76. The predicted octanol–water partition coefficient (Wildman–Crippen LogP) is 3.41. The van der Waals surface area contributed by atoms with E-state index in [1.165, 1.54) is 22.4 Å². The SMILES string of the molecule is CN=C(NCC(C)c1c(C)noc1C)N1CCN(c2cccc(C)c2C)CC1. The smallest absolute Gasteiger partial charge is 0.193 e. The number of hydrogen-bond donors (Lipinski definition) is 1. The van der Waals surface area contributed by atoms with E-state index < -0.39 is 0 Å². The highest BCUT2D eigenvalue weighted by atomic mass is 16.5. The maximum Gasteiger partial charge on any atom is 0.193 e. The van der Waals surface area contributed by atoms with Crippen molar-refractivity contribution in [2.75, 3.05) is 44.7 Å². The largest absolute Gasteiger partial charge is 0.368 e. The van der Waals surface area contributed by atoms with Crippen LogP contribution in [0.25, 0.3) is 0 Å². The van der Waals surface area contributed by atoms with Gasteiger partial charge in [-0.1, -0.05) is 24.2 Å². The molecule has 0 bridgehead atoms. The number of aryl methyl sites for hydroxylation is 3. The van der Waals surface area contributed by atoms with Gasteiger partial charge in [0.2, 0.25) is 0 Å². The second kappa shape index (κ2) is 8.67. The Balaban J connectivity index is 1.57. The summed E-state index contributed by atoms with van der Waals surface area (Å²) in [5, 5.41) is 7.62. The summed E-state index contributed by atoms with van der Waals surface area (Å²) in [5.74, 6) is 2.20. The van der Waals surface area contributed by atoms with Crippen molar-refractivity contribution in [3.63, 3.8) is 0 Å². The molecule has 1 aromatic carbocycles. The fraction of sp³-hybridized carbons (Fsp3) is 0.545. The van der Waals surface area contributed by atoms with E-state index in [0.29, 0.717) is 5.92 Å². The first kappa shape index (κ1) is 20.2. The molecule has 0 spiro atoms. The third-order valence-electron chi connectivity index (χ3n) is 5.86. The molecular weight excluding hydrogens is 350 g/mol. The molecule has 1 aliphatic heterocycles. The molecule has 1 fully saturated rings. The van der Waals surface area contributed by atoms with E-state index in [-0.39, 0.29) is 0 Å². The van der Waals surface area contributed by atoms with Gasteiger partial charge in [-0.2, -0.15) is 0 Å². The molecule has 1 atom stereocenters. The van der Waals surface area contributed by atoms with Crippen LogP contribution in [-0.2, 0) is 0 Å². The highest BCUT2D eigenvalue weighted by molar-refractivity contribution is 5.80. The van der Waals surface area contributed by atoms with Crippen molar-refractivity contribution in [1.82, 2.24) is 15.4 Å². The van der Waals surface area contributed by atoms with Gasteiger partial charge in [-0.05, 0) is 44.9 Å². The van der Waals surface area contributed by atoms with Crippen LogP contribution in [0, 0.1) is 27.7 Å². The van der Waals surface area contributed by atoms with Crippen LogP contribution in [0.15, 0.2) is 27.7 Å². The number of aliphatic imine (C=N–C) groups is 1. The first-order valence-electron chi connectivity index (χ1n) is 10.1. The minimum Gasteiger partial charge on any atom is -0.368 e. The summed E-state index contributed by atoms with van der Waals surface area (Å²) in [6.45, 7) is 15.3. The zero-order valence-corrected chi connectivity index (χ0v) is 18.0. The van der Waals surface area contributed by atoms with Gasteiger partial charge < -0.3 is 19.6 Å². The lowest BCUT2D eigenvalue weighted by Gasteiger charge is -2.38. The molecule has 1 N–H and O–H groups in total.